The van der Waals surface area contributed by atoms with Crippen LogP contribution in [0.25, 0.3) is 11.1 Å². The molecule has 0 spiro atoms. The van der Waals surface area contributed by atoms with Crippen molar-refractivity contribution in [1.29, 1.82) is 0 Å². The third kappa shape index (κ3) is 6.97. The van der Waals surface area contributed by atoms with Gasteiger partial charge in [0.15, 0.2) is 0 Å². The van der Waals surface area contributed by atoms with Gasteiger partial charge < -0.3 is 15.5 Å². The minimum Gasteiger partial charge on any atom is -0.372 e. The van der Waals surface area contributed by atoms with E-state index >= 15 is 0 Å². The van der Waals surface area contributed by atoms with E-state index in [1.807, 2.05) is 66.7 Å². The fraction of sp³-hybridized carbons (Fsp3) is 0.257. The lowest BCUT2D eigenvalue weighted by molar-refractivity contribution is -0.124. The van der Waals surface area contributed by atoms with Crippen LogP contribution in [-0.2, 0) is 4.79 Å². The Hall–Kier alpha value is -3.80. The maximum absolute atomic E-state index is 13.3. The summed E-state index contributed by atoms with van der Waals surface area (Å²) in [5, 5.41) is 7.07. The van der Waals surface area contributed by atoms with Crippen LogP contribution in [0.15, 0.2) is 97.1 Å². The van der Waals surface area contributed by atoms with Crippen molar-refractivity contribution in [3.05, 3.63) is 118 Å². The van der Waals surface area contributed by atoms with Gasteiger partial charge in [-0.15, -0.1) is 0 Å². The number of halogens is 2. The highest BCUT2D eigenvalue weighted by Gasteiger charge is 2.32. The van der Waals surface area contributed by atoms with Gasteiger partial charge in [-0.3, -0.25) is 9.59 Å². The average Bonchev–Trinajstić information content (AvgIpc) is 3.03. The van der Waals surface area contributed by atoms with Gasteiger partial charge in [-0.1, -0.05) is 84.7 Å². The topological polar surface area (TPSA) is 61.4 Å². The number of hydrogen-bond donors (Lipinski definition) is 2. The Morgan fingerprint density at radius 2 is 1.55 bits per heavy atom. The van der Waals surface area contributed by atoms with Gasteiger partial charge in [0.25, 0.3) is 5.91 Å². The molecule has 1 fully saturated rings. The van der Waals surface area contributed by atoms with Crippen LogP contribution in [-0.4, -0.2) is 31.4 Å². The zero-order valence-corrected chi connectivity index (χ0v) is 25.2. The molecule has 0 saturated carbocycles. The molecule has 1 heterocycles. The fourth-order valence-corrected chi connectivity index (χ4v) is 6.00. The summed E-state index contributed by atoms with van der Waals surface area (Å²) < 4.78 is 0. The van der Waals surface area contributed by atoms with E-state index in [1.165, 1.54) is 0 Å². The van der Waals surface area contributed by atoms with Crippen molar-refractivity contribution >= 4 is 46.4 Å². The molecule has 1 aliphatic rings. The Morgan fingerprint density at radius 3 is 2.24 bits per heavy atom. The molecule has 5 nitrogen and oxygen atoms in total. The van der Waals surface area contributed by atoms with Crippen LogP contribution in [0.1, 0.15) is 48.0 Å². The van der Waals surface area contributed by atoms with E-state index in [4.69, 9.17) is 23.2 Å². The predicted octanol–water partition coefficient (Wildman–Crippen LogP) is 8.44. The maximum atomic E-state index is 13.3. The summed E-state index contributed by atoms with van der Waals surface area (Å²) in [7, 11) is 0. The Balaban J connectivity index is 1.23. The lowest BCUT2D eigenvalue weighted by Crippen LogP contribution is -2.40. The molecule has 0 bridgehead atoms. The SMILES string of the molecule is CCCNC(=O)C(c1ccccc1)C1CCN(c2ccc(NC(=O)c3ccccc3-c3ccc(Cl)c(Cl)c3)cc2)CC1. The van der Waals surface area contributed by atoms with E-state index in [0.29, 0.717) is 22.2 Å². The van der Waals surface area contributed by atoms with Crippen LogP contribution in [0.2, 0.25) is 10.0 Å². The summed E-state index contributed by atoms with van der Waals surface area (Å²) in [6, 6.07) is 30.9. The molecule has 7 heteroatoms. The third-order valence-electron chi connectivity index (χ3n) is 7.89. The van der Waals surface area contributed by atoms with Crippen LogP contribution in [0.4, 0.5) is 11.4 Å². The van der Waals surface area contributed by atoms with Gasteiger partial charge in [0.05, 0.1) is 16.0 Å². The highest BCUT2D eigenvalue weighted by atomic mass is 35.5. The van der Waals surface area contributed by atoms with Crippen molar-refractivity contribution in [1.82, 2.24) is 5.32 Å². The molecule has 1 atom stereocenters. The van der Waals surface area contributed by atoms with Crippen LogP contribution < -0.4 is 15.5 Å². The van der Waals surface area contributed by atoms with Crippen LogP contribution in [0.3, 0.4) is 0 Å². The first-order valence-corrected chi connectivity index (χ1v) is 15.2. The Bertz CT molecular complexity index is 1520. The number of benzene rings is 4. The zero-order chi connectivity index (χ0) is 29.5. The molecule has 0 aliphatic carbocycles. The van der Waals surface area contributed by atoms with Crippen molar-refractivity contribution in [2.45, 2.75) is 32.1 Å². The largest absolute Gasteiger partial charge is 0.372 e. The van der Waals surface area contributed by atoms with Crippen LogP contribution in [0, 0.1) is 5.92 Å². The lowest BCUT2D eigenvalue weighted by atomic mass is 9.79. The normalized spacial score (nSPS) is 14.3. The van der Waals surface area contributed by atoms with E-state index in [2.05, 4.69) is 34.6 Å². The molecule has 4 aromatic rings. The van der Waals surface area contributed by atoms with Gasteiger partial charge in [0.2, 0.25) is 5.91 Å². The first kappa shape index (κ1) is 29.7. The second-order valence-corrected chi connectivity index (χ2v) is 11.5. The molecular weight excluding hydrogens is 565 g/mol. The number of carbonyl (C=O) groups is 2. The smallest absolute Gasteiger partial charge is 0.256 e. The molecule has 1 saturated heterocycles. The highest BCUT2D eigenvalue weighted by molar-refractivity contribution is 6.42. The van der Waals surface area contributed by atoms with E-state index < -0.39 is 0 Å². The maximum Gasteiger partial charge on any atom is 0.256 e. The number of carbonyl (C=O) groups excluding carboxylic acids is 2. The second kappa shape index (κ2) is 13.9. The third-order valence-corrected chi connectivity index (χ3v) is 8.63. The summed E-state index contributed by atoms with van der Waals surface area (Å²) >= 11 is 12.3. The average molecular weight is 601 g/mol. The summed E-state index contributed by atoms with van der Waals surface area (Å²) in [5.74, 6) is 0.0831. The lowest BCUT2D eigenvalue weighted by Gasteiger charge is -2.37. The summed E-state index contributed by atoms with van der Waals surface area (Å²) in [6.45, 7) is 4.52. The Kier molecular flexibility index (Phi) is 9.83. The van der Waals surface area contributed by atoms with Crippen molar-refractivity contribution in [2.24, 2.45) is 5.92 Å². The minimum atomic E-state index is -0.196. The van der Waals surface area contributed by atoms with E-state index in [0.717, 1.165) is 60.4 Å². The number of amides is 2. The number of hydrogen-bond acceptors (Lipinski definition) is 3. The van der Waals surface area contributed by atoms with E-state index in [9.17, 15) is 9.59 Å². The summed E-state index contributed by atoms with van der Waals surface area (Å²) in [6.07, 6.45) is 2.79. The number of nitrogens with zero attached hydrogens (tertiary/aromatic N) is 1. The quantitative estimate of drug-likeness (QED) is 0.203. The van der Waals surface area contributed by atoms with Crippen LogP contribution >= 0.6 is 23.2 Å². The van der Waals surface area contributed by atoms with Crippen LogP contribution in [0.5, 0.6) is 0 Å². The number of rotatable bonds is 9. The summed E-state index contributed by atoms with van der Waals surface area (Å²) in [4.78, 5) is 28.8. The van der Waals surface area contributed by atoms with Gasteiger partial charge in [0.1, 0.15) is 0 Å². The standard InChI is InChI=1S/C35H35Cl2N3O2/c1-2-20-38-35(42)33(24-8-4-3-5-9-24)25-18-21-40(22-19-25)28-15-13-27(14-16-28)39-34(41)30-11-7-6-10-29(30)26-12-17-31(36)32(37)23-26/h3-17,23,25,33H,2,18-22H2,1H3,(H,38,42)(H,39,41). The molecule has 4 aromatic carbocycles. The van der Waals surface area contributed by atoms with Crippen molar-refractivity contribution in [3.63, 3.8) is 0 Å². The van der Waals surface area contributed by atoms with E-state index in [-0.39, 0.29) is 23.7 Å². The van der Waals surface area contributed by atoms with E-state index in [1.54, 1.807) is 18.2 Å². The number of nitrogens with one attached hydrogen (secondary N) is 2. The molecule has 2 amide bonds. The molecule has 2 N–H and O–H groups in total. The first-order valence-electron chi connectivity index (χ1n) is 14.5. The second-order valence-electron chi connectivity index (χ2n) is 10.7. The molecule has 5 rings (SSSR count). The number of piperidine rings is 1. The van der Waals surface area contributed by atoms with Gasteiger partial charge in [0, 0.05) is 36.6 Å². The molecule has 1 aliphatic heterocycles. The zero-order valence-electron chi connectivity index (χ0n) is 23.7. The monoisotopic (exact) mass is 599 g/mol. The molecule has 42 heavy (non-hydrogen) atoms. The molecule has 216 valence electrons. The fourth-order valence-electron chi connectivity index (χ4n) is 5.70. The van der Waals surface area contributed by atoms with Gasteiger partial charge >= 0.3 is 0 Å². The first-order chi connectivity index (χ1) is 20.4. The minimum absolute atomic E-state index is 0.127. The van der Waals surface area contributed by atoms with Gasteiger partial charge in [-0.25, -0.2) is 0 Å². The highest BCUT2D eigenvalue weighted by Crippen LogP contribution is 2.35. The molecule has 0 radical (unpaired) electrons. The number of anilines is 2. The molecule has 1 unspecified atom stereocenters. The predicted molar refractivity (Wildman–Crippen MR) is 174 cm³/mol. The van der Waals surface area contributed by atoms with Crippen molar-refractivity contribution < 1.29 is 9.59 Å². The Labute approximate surface area is 257 Å². The van der Waals surface area contributed by atoms with Gasteiger partial charge in [-0.2, -0.15) is 0 Å². The van der Waals surface area contributed by atoms with Crippen molar-refractivity contribution in [2.75, 3.05) is 29.9 Å². The molecule has 0 aromatic heterocycles. The van der Waals surface area contributed by atoms with Gasteiger partial charge in [-0.05, 0) is 84.3 Å². The summed E-state index contributed by atoms with van der Waals surface area (Å²) in [5.41, 5.74) is 5.08. The Morgan fingerprint density at radius 1 is 0.857 bits per heavy atom. The van der Waals surface area contributed by atoms with Crippen molar-refractivity contribution in [3.8, 4) is 11.1 Å². The molecular formula is C35H35Cl2N3O2.